The number of pyridine rings is 1. The van der Waals surface area contributed by atoms with Gasteiger partial charge < -0.3 is 14.9 Å². The van der Waals surface area contributed by atoms with Crippen molar-refractivity contribution < 1.29 is 45.4 Å². The number of carbonyl (C=O) groups excluding carboxylic acids is 2. The van der Waals surface area contributed by atoms with Crippen LogP contribution in [-0.2, 0) is 12.4 Å². The predicted octanol–water partition coefficient (Wildman–Crippen LogP) is 5.47. The number of benzene rings is 1. The molecule has 1 saturated heterocycles. The van der Waals surface area contributed by atoms with Gasteiger partial charge in [-0.3, -0.25) is 14.6 Å². The van der Waals surface area contributed by atoms with Crippen molar-refractivity contribution in [2.24, 2.45) is 0 Å². The van der Waals surface area contributed by atoms with Gasteiger partial charge in [0.1, 0.15) is 11.6 Å². The van der Waals surface area contributed by atoms with Crippen LogP contribution in [0.3, 0.4) is 0 Å². The number of hydrogen-bond donors (Lipinski definition) is 1. The second kappa shape index (κ2) is 12.4. The topological polar surface area (TPSA) is 80.2 Å². The maximum Gasteiger partial charge on any atom is 0.417 e. The Balaban J connectivity index is 2.10. The van der Waals surface area contributed by atoms with Gasteiger partial charge in [-0.05, 0) is 64.0 Å². The molecular formula is C25H28F7N5O3S. The van der Waals surface area contributed by atoms with E-state index in [1.807, 2.05) is 0 Å². The van der Waals surface area contributed by atoms with Gasteiger partial charge in [-0.2, -0.15) is 26.3 Å². The Morgan fingerprint density at radius 3 is 2.32 bits per heavy atom. The lowest BCUT2D eigenvalue weighted by atomic mass is 10.1. The zero-order valence-corrected chi connectivity index (χ0v) is 23.3. The number of β-amino-alcohol motifs (C(OH)–C–C–N with tert-alkyl or cyclic N) is 1. The van der Waals surface area contributed by atoms with Crippen LogP contribution in [0.25, 0.3) is 0 Å². The number of aliphatic hydroxyl groups is 1. The van der Waals surface area contributed by atoms with Crippen LogP contribution < -0.4 is 9.80 Å². The number of urea groups is 1. The minimum Gasteiger partial charge on any atom is -0.390 e. The van der Waals surface area contributed by atoms with E-state index in [0.717, 1.165) is 26.8 Å². The van der Waals surface area contributed by atoms with E-state index in [0.29, 0.717) is 6.07 Å². The number of carbonyl (C=O) groups is 2. The molecule has 41 heavy (non-hydrogen) atoms. The van der Waals surface area contributed by atoms with Crippen molar-refractivity contribution in [3.63, 3.8) is 0 Å². The predicted molar refractivity (Wildman–Crippen MR) is 139 cm³/mol. The fourth-order valence-electron chi connectivity index (χ4n) is 4.21. The van der Waals surface area contributed by atoms with E-state index in [1.165, 1.54) is 13.8 Å². The lowest BCUT2D eigenvalue weighted by Gasteiger charge is -2.27. The Morgan fingerprint density at radius 1 is 1.12 bits per heavy atom. The number of aliphatic hydroxyl groups excluding tert-OH is 1. The molecule has 0 radical (unpaired) electrons. The van der Waals surface area contributed by atoms with Gasteiger partial charge in [-0.25, -0.2) is 14.2 Å². The van der Waals surface area contributed by atoms with Crippen molar-refractivity contribution in [1.82, 2.24) is 14.8 Å². The molecular weight excluding hydrogens is 583 g/mol. The monoisotopic (exact) mass is 611 g/mol. The van der Waals surface area contributed by atoms with Crippen LogP contribution >= 0.6 is 11.8 Å². The largest absolute Gasteiger partial charge is 0.417 e. The number of thioether (sulfide) groups is 1. The van der Waals surface area contributed by atoms with E-state index >= 15 is 0 Å². The minimum absolute atomic E-state index is 0.00949. The first-order chi connectivity index (χ1) is 18.9. The van der Waals surface area contributed by atoms with Crippen LogP contribution in [0.2, 0.25) is 0 Å². The standard InChI is InChI=1S/C25H28F7N5O3S/c1-5-36(20-7-6-18(26)14(2)33-20)23(40)41-21-17(25(30,31)32)10-15(24(27,28)29)11-19(21)37-9-8-35(22(37)39)13-16(38)12-34(3)4/h6-7,10-11,16,38H,5,8-9,12-13H2,1-4H3. The molecule has 0 aliphatic carbocycles. The summed E-state index contributed by atoms with van der Waals surface area (Å²) in [5.41, 5.74) is -4.24. The molecule has 0 saturated carbocycles. The molecule has 3 amide bonds. The van der Waals surface area contributed by atoms with Gasteiger partial charge in [0.25, 0.3) is 5.24 Å². The van der Waals surface area contributed by atoms with Gasteiger partial charge >= 0.3 is 18.4 Å². The maximum absolute atomic E-state index is 14.2. The van der Waals surface area contributed by atoms with Crippen LogP contribution in [0.5, 0.6) is 0 Å². The number of nitrogens with zero attached hydrogens (tertiary/aromatic N) is 5. The molecule has 2 aromatic rings. The highest BCUT2D eigenvalue weighted by Gasteiger charge is 2.43. The molecule has 0 spiro atoms. The quantitative estimate of drug-likeness (QED) is 0.315. The molecule has 1 N–H and O–H groups in total. The molecule has 1 aliphatic heterocycles. The molecule has 2 heterocycles. The third-order valence-electron chi connectivity index (χ3n) is 6.10. The number of alkyl halides is 6. The summed E-state index contributed by atoms with van der Waals surface area (Å²) in [4.78, 5) is 33.9. The zero-order chi connectivity index (χ0) is 30.9. The van der Waals surface area contributed by atoms with Gasteiger partial charge in [0.2, 0.25) is 0 Å². The number of likely N-dealkylation sites (N-methyl/N-ethyl adjacent to an activating group) is 1. The summed E-state index contributed by atoms with van der Waals surface area (Å²) in [7, 11) is 3.34. The third kappa shape index (κ3) is 7.60. The van der Waals surface area contributed by atoms with Gasteiger partial charge in [0.05, 0.1) is 33.5 Å². The summed E-state index contributed by atoms with van der Waals surface area (Å²) in [6, 6.07) is 1.54. The first-order valence-electron chi connectivity index (χ1n) is 12.3. The van der Waals surface area contributed by atoms with E-state index in [2.05, 4.69) is 4.98 Å². The van der Waals surface area contributed by atoms with Crippen LogP contribution in [0, 0.1) is 12.7 Å². The summed E-state index contributed by atoms with van der Waals surface area (Å²) in [6.45, 7) is 2.27. The Morgan fingerprint density at radius 2 is 1.78 bits per heavy atom. The first kappa shape index (κ1) is 32.4. The van der Waals surface area contributed by atoms with Crippen molar-refractivity contribution in [3.8, 4) is 0 Å². The molecule has 8 nitrogen and oxygen atoms in total. The Kier molecular flexibility index (Phi) is 9.80. The molecule has 1 aromatic carbocycles. The average Bonchev–Trinajstić information content (AvgIpc) is 3.19. The highest BCUT2D eigenvalue weighted by atomic mass is 32.2. The molecule has 1 unspecified atom stereocenters. The molecule has 1 atom stereocenters. The zero-order valence-electron chi connectivity index (χ0n) is 22.5. The molecule has 0 bridgehead atoms. The van der Waals surface area contributed by atoms with Crippen LogP contribution in [0.15, 0.2) is 29.2 Å². The van der Waals surface area contributed by atoms with E-state index in [9.17, 15) is 45.4 Å². The van der Waals surface area contributed by atoms with Crippen molar-refractivity contribution in [3.05, 3.63) is 46.9 Å². The van der Waals surface area contributed by atoms with Crippen molar-refractivity contribution in [2.45, 2.75) is 37.2 Å². The Labute approximate surface area is 235 Å². The Hall–Kier alpha value is -3.11. The summed E-state index contributed by atoms with van der Waals surface area (Å²) < 4.78 is 97.5. The molecule has 3 rings (SSSR count). The molecule has 1 aliphatic rings. The van der Waals surface area contributed by atoms with E-state index in [1.54, 1.807) is 19.0 Å². The van der Waals surface area contributed by atoms with Gasteiger partial charge in [-0.1, -0.05) is 0 Å². The van der Waals surface area contributed by atoms with Crippen LogP contribution in [0.1, 0.15) is 23.7 Å². The molecule has 1 fully saturated rings. The van der Waals surface area contributed by atoms with E-state index in [4.69, 9.17) is 0 Å². The lowest BCUT2D eigenvalue weighted by molar-refractivity contribution is -0.144. The number of amides is 3. The number of anilines is 2. The average molecular weight is 612 g/mol. The fraction of sp³-hybridized carbons (Fsp3) is 0.480. The van der Waals surface area contributed by atoms with Gasteiger partial charge in [-0.15, -0.1) is 0 Å². The van der Waals surface area contributed by atoms with Crippen molar-refractivity contribution >= 4 is 34.5 Å². The number of aromatic nitrogens is 1. The van der Waals surface area contributed by atoms with Crippen molar-refractivity contribution in [1.29, 1.82) is 0 Å². The number of hydrogen-bond acceptors (Lipinski definition) is 6. The van der Waals surface area contributed by atoms with Gasteiger partial charge in [0.15, 0.2) is 0 Å². The van der Waals surface area contributed by atoms with Crippen LogP contribution in [0.4, 0.5) is 51.8 Å². The fourth-order valence-corrected chi connectivity index (χ4v) is 5.28. The SMILES string of the molecule is CCN(C(=O)Sc1c(N2CCN(CC(O)CN(C)C)C2=O)cc(C(F)(F)F)cc1C(F)(F)F)c1ccc(F)c(C)n1. The smallest absolute Gasteiger partial charge is 0.390 e. The van der Waals surface area contributed by atoms with Gasteiger partial charge in [0, 0.05) is 32.7 Å². The second-order valence-electron chi connectivity index (χ2n) is 9.51. The summed E-state index contributed by atoms with van der Waals surface area (Å²) in [5.74, 6) is -0.758. The third-order valence-corrected chi connectivity index (χ3v) is 7.13. The minimum atomic E-state index is -5.33. The molecule has 1 aromatic heterocycles. The first-order valence-corrected chi connectivity index (χ1v) is 13.1. The summed E-state index contributed by atoms with van der Waals surface area (Å²) >= 11 is -0.00949. The number of halogens is 7. The maximum atomic E-state index is 14.2. The van der Waals surface area contributed by atoms with Crippen LogP contribution in [-0.4, -0.2) is 84.1 Å². The number of aryl methyl sites for hydroxylation is 1. The highest BCUT2D eigenvalue weighted by Crippen LogP contribution is 2.47. The van der Waals surface area contributed by atoms with E-state index in [-0.39, 0.29) is 62.1 Å². The lowest BCUT2D eigenvalue weighted by Crippen LogP contribution is -2.40. The van der Waals surface area contributed by atoms with E-state index < -0.39 is 57.3 Å². The molecule has 16 heteroatoms. The highest BCUT2D eigenvalue weighted by molar-refractivity contribution is 8.14. The second-order valence-corrected chi connectivity index (χ2v) is 10.5. The summed E-state index contributed by atoms with van der Waals surface area (Å²) in [6.07, 6.45) is -11.6. The Bertz CT molecular complexity index is 1290. The number of rotatable bonds is 8. The summed E-state index contributed by atoms with van der Waals surface area (Å²) in [5, 5.41) is 9.19. The normalized spacial score (nSPS) is 15.2. The van der Waals surface area contributed by atoms with Crippen molar-refractivity contribution in [2.75, 3.05) is 56.6 Å². The molecule has 226 valence electrons.